The van der Waals surface area contributed by atoms with Gasteiger partial charge in [-0.2, -0.15) is 0 Å². The number of carbonyl (C=O) groups is 2. The molecule has 0 bridgehead atoms. The summed E-state index contributed by atoms with van der Waals surface area (Å²) in [6.07, 6.45) is 1.47. The Morgan fingerprint density at radius 1 is 1.20 bits per heavy atom. The average Bonchev–Trinajstić information content (AvgIpc) is 2.93. The summed E-state index contributed by atoms with van der Waals surface area (Å²) in [7, 11) is 0. The van der Waals surface area contributed by atoms with Gasteiger partial charge in [0, 0.05) is 11.6 Å². The molecule has 0 unspecified atom stereocenters. The van der Waals surface area contributed by atoms with Gasteiger partial charge in [0.25, 0.3) is 11.8 Å². The van der Waals surface area contributed by atoms with Crippen LogP contribution in [-0.2, 0) is 0 Å². The van der Waals surface area contributed by atoms with E-state index < -0.39 is 5.91 Å². The molecule has 2 N–H and O–H groups in total. The highest BCUT2D eigenvalue weighted by Gasteiger charge is 2.17. The lowest BCUT2D eigenvalue weighted by Crippen LogP contribution is -2.19. The van der Waals surface area contributed by atoms with E-state index in [2.05, 4.69) is 15.9 Å². The molecule has 1 heterocycles. The van der Waals surface area contributed by atoms with Crippen molar-refractivity contribution in [3.8, 4) is 5.75 Å². The second-order valence-corrected chi connectivity index (χ2v) is 6.72. The number of fused-ring (bicyclic) bond motifs is 1. The molecule has 25 heavy (non-hydrogen) atoms. The normalized spacial score (nSPS) is 10.8. The fourth-order valence-corrected chi connectivity index (χ4v) is 3.66. The van der Waals surface area contributed by atoms with E-state index in [4.69, 9.17) is 10.5 Å². The first-order valence-electron chi connectivity index (χ1n) is 7.71. The Morgan fingerprint density at radius 2 is 1.92 bits per heavy atom. The topological polar surface area (TPSA) is 74.3 Å². The maximum Gasteiger partial charge on any atom is 0.269 e. The molecule has 2 aromatic carbocycles. The number of ether oxygens (including phenoxy) is 1. The minimum Gasteiger partial charge on any atom is -0.482 e. The van der Waals surface area contributed by atoms with Gasteiger partial charge in [0.15, 0.2) is 6.61 Å². The number of halogens is 1. The van der Waals surface area contributed by atoms with Gasteiger partial charge in [0.05, 0.1) is 15.6 Å². The van der Waals surface area contributed by atoms with Crippen LogP contribution in [0.2, 0.25) is 0 Å². The maximum absolute atomic E-state index is 12.6. The molecule has 0 saturated carbocycles. The Labute approximate surface area is 153 Å². The zero-order valence-electron chi connectivity index (χ0n) is 13.9. The molecular weight excluding hydrogens is 384 g/mol. The van der Waals surface area contributed by atoms with Crippen molar-refractivity contribution in [1.29, 1.82) is 0 Å². The standard InChI is InChI=1S/C19H17BrN2O3/c1-11-7-12(2)18(15(20)8-11)25-10-17(23)22-9-14(19(21)24)13-5-3-4-6-16(13)22/h3-9H,10H2,1-2H3,(H2,21,24). The first kappa shape index (κ1) is 17.2. The Bertz CT molecular complexity index is 968. The van der Waals surface area contributed by atoms with Crippen molar-refractivity contribution >= 4 is 38.6 Å². The van der Waals surface area contributed by atoms with Gasteiger partial charge < -0.3 is 10.5 Å². The Morgan fingerprint density at radius 3 is 2.60 bits per heavy atom. The molecule has 0 radical (unpaired) electrons. The van der Waals surface area contributed by atoms with E-state index in [1.807, 2.05) is 26.0 Å². The predicted octanol–water partition coefficient (Wildman–Crippen LogP) is 3.84. The van der Waals surface area contributed by atoms with Crippen molar-refractivity contribution in [2.45, 2.75) is 13.8 Å². The van der Waals surface area contributed by atoms with Gasteiger partial charge >= 0.3 is 0 Å². The van der Waals surface area contributed by atoms with Crippen LogP contribution in [0.25, 0.3) is 10.9 Å². The summed E-state index contributed by atoms with van der Waals surface area (Å²) in [6.45, 7) is 3.76. The summed E-state index contributed by atoms with van der Waals surface area (Å²) in [5.74, 6) is -0.220. The van der Waals surface area contributed by atoms with E-state index in [9.17, 15) is 9.59 Å². The van der Waals surface area contributed by atoms with Crippen LogP contribution in [-0.4, -0.2) is 23.0 Å². The van der Waals surface area contributed by atoms with E-state index in [-0.39, 0.29) is 12.5 Å². The molecule has 0 saturated heterocycles. The van der Waals surface area contributed by atoms with Crippen molar-refractivity contribution in [3.63, 3.8) is 0 Å². The third-order valence-corrected chi connectivity index (χ3v) is 4.55. The van der Waals surface area contributed by atoms with Crippen molar-refractivity contribution < 1.29 is 14.3 Å². The molecule has 3 aromatic rings. The Balaban J connectivity index is 1.90. The number of benzene rings is 2. The lowest BCUT2D eigenvalue weighted by atomic mass is 10.1. The van der Waals surface area contributed by atoms with Crippen molar-refractivity contribution in [2.75, 3.05) is 6.61 Å². The van der Waals surface area contributed by atoms with Gasteiger partial charge in [0.1, 0.15) is 5.75 Å². The second kappa shape index (κ2) is 6.72. The molecule has 3 rings (SSSR count). The fourth-order valence-electron chi connectivity index (χ4n) is 2.87. The van der Waals surface area contributed by atoms with Gasteiger partial charge in [-0.1, -0.05) is 24.3 Å². The molecule has 0 aliphatic rings. The third kappa shape index (κ3) is 3.30. The maximum atomic E-state index is 12.6. The quantitative estimate of drug-likeness (QED) is 0.722. The first-order chi connectivity index (χ1) is 11.9. The number of rotatable bonds is 4. The van der Waals surface area contributed by atoms with E-state index in [0.717, 1.165) is 15.6 Å². The summed E-state index contributed by atoms with van der Waals surface area (Å²) in [5, 5.41) is 0.649. The molecule has 128 valence electrons. The van der Waals surface area contributed by atoms with Crippen LogP contribution in [0.4, 0.5) is 0 Å². The number of hydrogen-bond acceptors (Lipinski definition) is 3. The fraction of sp³-hybridized carbons (Fsp3) is 0.158. The van der Waals surface area contributed by atoms with Crippen molar-refractivity contribution in [2.24, 2.45) is 5.73 Å². The SMILES string of the molecule is Cc1cc(C)c(OCC(=O)n2cc(C(N)=O)c3ccccc32)c(Br)c1. The number of hydrogen-bond donors (Lipinski definition) is 1. The number of nitrogens with zero attached hydrogens (tertiary/aromatic N) is 1. The van der Waals surface area contributed by atoms with E-state index in [1.165, 1.54) is 10.8 Å². The van der Waals surface area contributed by atoms with E-state index >= 15 is 0 Å². The molecule has 0 fully saturated rings. The molecule has 0 spiro atoms. The number of aromatic nitrogens is 1. The smallest absolute Gasteiger partial charge is 0.269 e. The highest BCUT2D eigenvalue weighted by atomic mass is 79.9. The monoisotopic (exact) mass is 400 g/mol. The first-order valence-corrected chi connectivity index (χ1v) is 8.50. The average molecular weight is 401 g/mol. The van der Waals surface area contributed by atoms with Gasteiger partial charge in [-0.3, -0.25) is 14.2 Å². The number of aryl methyl sites for hydroxylation is 2. The number of primary amides is 1. The third-order valence-electron chi connectivity index (χ3n) is 3.96. The van der Waals surface area contributed by atoms with Crippen molar-refractivity contribution in [1.82, 2.24) is 4.57 Å². The second-order valence-electron chi connectivity index (χ2n) is 5.87. The summed E-state index contributed by atoms with van der Waals surface area (Å²) < 4.78 is 7.93. The molecule has 1 amide bonds. The minimum atomic E-state index is -0.569. The van der Waals surface area contributed by atoms with Crippen LogP contribution < -0.4 is 10.5 Å². The molecule has 0 aliphatic heterocycles. The van der Waals surface area contributed by atoms with Gasteiger partial charge in [0.2, 0.25) is 0 Å². The highest BCUT2D eigenvalue weighted by molar-refractivity contribution is 9.10. The predicted molar refractivity (Wildman–Crippen MR) is 100 cm³/mol. The Hall–Kier alpha value is -2.60. The zero-order valence-corrected chi connectivity index (χ0v) is 15.5. The number of para-hydroxylation sites is 1. The lowest BCUT2D eigenvalue weighted by molar-refractivity contribution is 0.0842. The van der Waals surface area contributed by atoms with Crippen LogP contribution in [0.1, 0.15) is 26.3 Å². The highest BCUT2D eigenvalue weighted by Crippen LogP contribution is 2.30. The van der Waals surface area contributed by atoms with Gasteiger partial charge in [-0.05, 0) is 53.0 Å². The van der Waals surface area contributed by atoms with Crippen LogP contribution in [0.5, 0.6) is 5.75 Å². The van der Waals surface area contributed by atoms with Crippen molar-refractivity contribution in [3.05, 3.63) is 63.8 Å². The summed E-state index contributed by atoms with van der Waals surface area (Å²) in [5.41, 5.74) is 8.40. The zero-order chi connectivity index (χ0) is 18.1. The van der Waals surface area contributed by atoms with E-state index in [0.29, 0.717) is 22.2 Å². The van der Waals surface area contributed by atoms with Crippen LogP contribution in [0.3, 0.4) is 0 Å². The number of carbonyl (C=O) groups excluding carboxylic acids is 2. The molecule has 5 nitrogen and oxygen atoms in total. The van der Waals surface area contributed by atoms with E-state index in [1.54, 1.807) is 24.3 Å². The summed E-state index contributed by atoms with van der Waals surface area (Å²) in [4.78, 5) is 24.2. The number of nitrogens with two attached hydrogens (primary N) is 1. The molecule has 6 heteroatoms. The lowest BCUT2D eigenvalue weighted by Gasteiger charge is -2.12. The molecule has 0 atom stereocenters. The minimum absolute atomic E-state index is 0.153. The largest absolute Gasteiger partial charge is 0.482 e. The van der Waals surface area contributed by atoms with Crippen LogP contribution >= 0.6 is 15.9 Å². The number of amides is 1. The van der Waals surface area contributed by atoms with Crippen LogP contribution in [0.15, 0.2) is 47.1 Å². The Kier molecular flexibility index (Phi) is 4.63. The molecular formula is C19H17BrN2O3. The summed E-state index contributed by atoms with van der Waals surface area (Å²) in [6, 6.07) is 11.1. The summed E-state index contributed by atoms with van der Waals surface area (Å²) >= 11 is 3.46. The van der Waals surface area contributed by atoms with Gasteiger partial charge in [-0.25, -0.2) is 0 Å². The van der Waals surface area contributed by atoms with Crippen LogP contribution in [0, 0.1) is 13.8 Å². The molecule has 0 aliphatic carbocycles. The van der Waals surface area contributed by atoms with Gasteiger partial charge in [-0.15, -0.1) is 0 Å². The molecule has 1 aromatic heterocycles.